The van der Waals surface area contributed by atoms with E-state index in [0.29, 0.717) is 28.6 Å². The van der Waals surface area contributed by atoms with E-state index in [1.165, 1.54) is 0 Å². The molecule has 0 radical (unpaired) electrons. The van der Waals surface area contributed by atoms with Crippen molar-refractivity contribution in [3.05, 3.63) is 64.4 Å². The van der Waals surface area contributed by atoms with Gasteiger partial charge in [0, 0.05) is 45.4 Å². The Labute approximate surface area is 160 Å². The van der Waals surface area contributed by atoms with Gasteiger partial charge in [-0.3, -0.25) is 9.78 Å². The average Bonchev–Trinajstić information content (AvgIpc) is 2.60. The molecule has 1 fully saturated rings. The number of rotatable bonds is 2. The molecule has 26 heavy (non-hydrogen) atoms. The SMILES string of the molecule is O=C(Nc1cncc2cc(Cl)ccc12)C12CC(C1)Oc1ccc(Cl)cc12. The predicted octanol–water partition coefficient (Wildman–Crippen LogP) is 4.97. The van der Waals surface area contributed by atoms with Gasteiger partial charge < -0.3 is 10.1 Å². The third-order valence-electron chi connectivity index (χ3n) is 5.31. The minimum absolute atomic E-state index is 0.0511. The van der Waals surface area contributed by atoms with Crippen molar-refractivity contribution in [3.8, 4) is 5.75 Å². The van der Waals surface area contributed by atoms with Crippen LogP contribution >= 0.6 is 23.2 Å². The van der Waals surface area contributed by atoms with Crippen molar-refractivity contribution in [1.29, 1.82) is 0 Å². The number of halogens is 2. The van der Waals surface area contributed by atoms with Crippen molar-refractivity contribution in [2.45, 2.75) is 24.4 Å². The van der Waals surface area contributed by atoms with Gasteiger partial charge in [0.1, 0.15) is 11.9 Å². The highest BCUT2D eigenvalue weighted by Crippen LogP contribution is 2.54. The summed E-state index contributed by atoms with van der Waals surface area (Å²) in [6.45, 7) is 0. The quantitative estimate of drug-likeness (QED) is 0.678. The summed E-state index contributed by atoms with van der Waals surface area (Å²) in [5, 5.41) is 6.10. The molecule has 6 heteroatoms. The van der Waals surface area contributed by atoms with E-state index in [0.717, 1.165) is 22.1 Å². The van der Waals surface area contributed by atoms with Crippen LogP contribution in [0.2, 0.25) is 10.0 Å². The van der Waals surface area contributed by atoms with E-state index in [-0.39, 0.29) is 12.0 Å². The predicted molar refractivity (Wildman–Crippen MR) is 102 cm³/mol. The molecule has 130 valence electrons. The lowest BCUT2D eigenvalue weighted by molar-refractivity contribution is -0.131. The molecule has 0 spiro atoms. The Bertz CT molecular complexity index is 1060. The average molecular weight is 385 g/mol. The first-order valence-corrected chi connectivity index (χ1v) is 9.12. The maximum absolute atomic E-state index is 13.2. The van der Waals surface area contributed by atoms with Crippen molar-refractivity contribution in [2.24, 2.45) is 0 Å². The van der Waals surface area contributed by atoms with E-state index in [4.69, 9.17) is 27.9 Å². The number of nitrogens with one attached hydrogen (secondary N) is 1. The van der Waals surface area contributed by atoms with Crippen molar-refractivity contribution >= 4 is 45.6 Å². The smallest absolute Gasteiger partial charge is 0.235 e. The molecule has 2 bridgehead atoms. The summed E-state index contributed by atoms with van der Waals surface area (Å²) >= 11 is 12.2. The van der Waals surface area contributed by atoms with Crippen molar-refractivity contribution in [1.82, 2.24) is 4.98 Å². The molecule has 1 aliphatic carbocycles. The van der Waals surface area contributed by atoms with Gasteiger partial charge in [-0.1, -0.05) is 29.3 Å². The second kappa shape index (κ2) is 5.60. The Balaban J connectivity index is 1.54. The van der Waals surface area contributed by atoms with Crippen LogP contribution in [0.3, 0.4) is 0 Å². The Morgan fingerprint density at radius 3 is 2.73 bits per heavy atom. The van der Waals surface area contributed by atoms with Crippen LogP contribution in [0.5, 0.6) is 5.75 Å². The van der Waals surface area contributed by atoms with Gasteiger partial charge in [0.25, 0.3) is 0 Å². The van der Waals surface area contributed by atoms with E-state index in [9.17, 15) is 4.79 Å². The number of carbonyl (C=O) groups is 1. The summed E-state index contributed by atoms with van der Waals surface area (Å²) in [7, 11) is 0. The van der Waals surface area contributed by atoms with Crippen LogP contribution in [-0.4, -0.2) is 17.0 Å². The van der Waals surface area contributed by atoms with Gasteiger partial charge in [0.05, 0.1) is 17.3 Å². The third kappa shape index (κ3) is 2.29. The molecule has 3 aliphatic rings. The summed E-state index contributed by atoms with van der Waals surface area (Å²) < 4.78 is 5.90. The molecule has 3 aromatic rings. The maximum atomic E-state index is 13.2. The lowest BCUT2D eigenvalue weighted by Gasteiger charge is -2.51. The van der Waals surface area contributed by atoms with E-state index >= 15 is 0 Å². The molecule has 6 rings (SSSR count). The first-order chi connectivity index (χ1) is 12.5. The van der Waals surface area contributed by atoms with Crippen LogP contribution < -0.4 is 10.1 Å². The first kappa shape index (κ1) is 15.9. The maximum Gasteiger partial charge on any atom is 0.235 e. The number of carbonyl (C=O) groups excluding carboxylic acids is 1. The normalized spacial score (nSPS) is 22.9. The molecule has 4 nitrogen and oxygen atoms in total. The molecule has 0 unspecified atom stereocenters. The van der Waals surface area contributed by atoms with Crippen molar-refractivity contribution in [2.75, 3.05) is 5.32 Å². The summed E-state index contributed by atoms with van der Waals surface area (Å²) in [4.78, 5) is 17.5. The molecular weight excluding hydrogens is 371 g/mol. The minimum Gasteiger partial charge on any atom is -0.490 e. The van der Waals surface area contributed by atoms with Crippen LogP contribution in [0.25, 0.3) is 10.8 Å². The zero-order chi connectivity index (χ0) is 17.9. The van der Waals surface area contributed by atoms with E-state index in [1.807, 2.05) is 24.3 Å². The largest absolute Gasteiger partial charge is 0.490 e. The van der Waals surface area contributed by atoms with Gasteiger partial charge in [-0.2, -0.15) is 0 Å². The van der Waals surface area contributed by atoms with Crippen LogP contribution in [0, 0.1) is 0 Å². The number of benzene rings is 2. The fourth-order valence-electron chi connectivity index (χ4n) is 3.98. The molecule has 1 N–H and O–H groups in total. The van der Waals surface area contributed by atoms with Crippen molar-refractivity contribution in [3.63, 3.8) is 0 Å². The topological polar surface area (TPSA) is 51.2 Å². The molecule has 2 aromatic carbocycles. The minimum atomic E-state index is -0.599. The molecule has 1 amide bonds. The number of hydrogen-bond donors (Lipinski definition) is 1. The highest BCUT2D eigenvalue weighted by Gasteiger charge is 2.57. The third-order valence-corrected chi connectivity index (χ3v) is 5.78. The van der Waals surface area contributed by atoms with Gasteiger partial charge in [0.15, 0.2) is 0 Å². The van der Waals surface area contributed by atoms with Crippen LogP contribution in [0.1, 0.15) is 18.4 Å². The van der Waals surface area contributed by atoms with E-state index in [2.05, 4.69) is 10.3 Å². The number of hydrogen-bond acceptors (Lipinski definition) is 3. The van der Waals surface area contributed by atoms with Crippen LogP contribution in [-0.2, 0) is 10.2 Å². The zero-order valence-electron chi connectivity index (χ0n) is 13.6. The van der Waals surface area contributed by atoms with E-state index < -0.39 is 5.41 Å². The van der Waals surface area contributed by atoms with Gasteiger partial charge >= 0.3 is 0 Å². The summed E-state index contributed by atoms with van der Waals surface area (Å²) in [5.41, 5.74) is 0.941. The number of anilines is 1. The lowest BCUT2D eigenvalue weighted by atomic mass is 9.60. The Hall–Kier alpha value is -2.30. The second-order valence-electron chi connectivity index (χ2n) is 6.88. The van der Waals surface area contributed by atoms with Crippen LogP contribution in [0.4, 0.5) is 5.69 Å². The van der Waals surface area contributed by atoms with Gasteiger partial charge in [-0.25, -0.2) is 0 Å². The zero-order valence-corrected chi connectivity index (χ0v) is 15.1. The number of aromatic nitrogens is 1. The fraction of sp³-hybridized carbons (Fsp3) is 0.200. The highest BCUT2D eigenvalue weighted by atomic mass is 35.5. The fourth-order valence-corrected chi connectivity index (χ4v) is 4.33. The molecule has 2 aliphatic heterocycles. The molecule has 1 aromatic heterocycles. The number of fused-ring (bicyclic) bond motifs is 1. The number of nitrogens with zero attached hydrogens (tertiary/aromatic N) is 1. The second-order valence-corrected chi connectivity index (χ2v) is 7.75. The standard InChI is InChI=1S/C20H14Cl2N2O2/c21-12-1-3-15-11(5-12)9-23-10-17(15)24-19(25)20-7-14(8-20)26-18-4-2-13(22)6-16(18)20/h1-6,9-10,14H,7-8H2,(H,24,25). The summed E-state index contributed by atoms with van der Waals surface area (Å²) in [6.07, 6.45) is 4.81. The number of pyridine rings is 1. The molecule has 1 saturated carbocycles. The van der Waals surface area contributed by atoms with Crippen molar-refractivity contribution < 1.29 is 9.53 Å². The molecular formula is C20H14Cl2N2O2. The molecule has 0 atom stereocenters. The summed E-state index contributed by atoms with van der Waals surface area (Å²) in [5.74, 6) is 0.694. The Morgan fingerprint density at radius 2 is 1.88 bits per heavy atom. The first-order valence-electron chi connectivity index (χ1n) is 8.37. The Morgan fingerprint density at radius 1 is 1.12 bits per heavy atom. The lowest BCUT2D eigenvalue weighted by Crippen LogP contribution is -2.58. The molecule has 3 heterocycles. The van der Waals surface area contributed by atoms with Gasteiger partial charge in [0.2, 0.25) is 5.91 Å². The summed E-state index contributed by atoms with van der Waals surface area (Å²) in [6, 6.07) is 11.0. The molecule has 0 saturated heterocycles. The van der Waals surface area contributed by atoms with Gasteiger partial charge in [-0.15, -0.1) is 0 Å². The highest BCUT2D eigenvalue weighted by molar-refractivity contribution is 6.31. The van der Waals surface area contributed by atoms with E-state index in [1.54, 1.807) is 24.5 Å². The van der Waals surface area contributed by atoms with Gasteiger partial charge in [-0.05, 0) is 30.3 Å². The monoisotopic (exact) mass is 384 g/mol. The Kier molecular flexibility index (Phi) is 3.43. The number of ether oxygens (including phenoxy) is 1. The van der Waals surface area contributed by atoms with Crippen LogP contribution in [0.15, 0.2) is 48.8 Å². The number of amides is 1.